The second-order valence-electron chi connectivity index (χ2n) is 6.22. The summed E-state index contributed by atoms with van der Waals surface area (Å²) < 4.78 is 12.0. The fourth-order valence-electron chi connectivity index (χ4n) is 2.90. The van der Waals surface area contributed by atoms with E-state index in [1.807, 2.05) is 48.5 Å². The summed E-state index contributed by atoms with van der Waals surface area (Å²) in [5.41, 5.74) is 1.67. The molecule has 0 radical (unpaired) electrons. The molecule has 0 saturated carbocycles. The van der Waals surface area contributed by atoms with Crippen molar-refractivity contribution in [1.29, 1.82) is 0 Å². The number of hydrogen-bond acceptors (Lipinski definition) is 4. The van der Waals surface area contributed by atoms with E-state index in [-0.39, 0.29) is 24.0 Å². The van der Waals surface area contributed by atoms with Gasteiger partial charge in [-0.2, -0.15) is 0 Å². The first-order valence-electron chi connectivity index (χ1n) is 8.82. The smallest absolute Gasteiger partial charge is 0.268 e. The summed E-state index contributed by atoms with van der Waals surface area (Å²) in [4.78, 5) is 25.2. The molecule has 0 unspecified atom stereocenters. The number of pyridine rings is 1. The third-order valence-corrected chi connectivity index (χ3v) is 4.31. The first-order chi connectivity index (χ1) is 13.7. The molecule has 1 aliphatic heterocycles. The quantitative estimate of drug-likeness (QED) is 0.697. The molecule has 1 amide bonds. The van der Waals surface area contributed by atoms with Crippen LogP contribution in [-0.2, 0) is 11.3 Å². The van der Waals surface area contributed by atoms with E-state index < -0.39 is 0 Å². The van der Waals surface area contributed by atoms with Gasteiger partial charge in [-0.1, -0.05) is 42.5 Å². The number of amides is 1. The number of nitrogens with zero attached hydrogens (tertiary/aromatic N) is 1. The maximum absolute atomic E-state index is 12.9. The van der Waals surface area contributed by atoms with Crippen LogP contribution >= 0.6 is 0 Å². The molecule has 6 heteroatoms. The number of benzene rings is 2. The predicted molar refractivity (Wildman–Crippen MR) is 106 cm³/mol. The molecule has 140 valence electrons. The average Bonchev–Trinajstić information content (AvgIpc) is 3.19. The van der Waals surface area contributed by atoms with Crippen molar-refractivity contribution in [2.75, 3.05) is 6.79 Å². The van der Waals surface area contributed by atoms with Crippen LogP contribution in [0.4, 0.5) is 0 Å². The average molecular weight is 374 g/mol. The lowest BCUT2D eigenvalue weighted by Gasteiger charge is -2.12. The summed E-state index contributed by atoms with van der Waals surface area (Å²) in [6.07, 6.45) is 3.27. The van der Waals surface area contributed by atoms with Gasteiger partial charge in [0.05, 0.1) is 0 Å². The zero-order chi connectivity index (χ0) is 19.3. The van der Waals surface area contributed by atoms with E-state index in [4.69, 9.17) is 9.47 Å². The summed E-state index contributed by atoms with van der Waals surface area (Å²) in [5.74, 6) is 0.997. The number of aromatic nitrogens is 1. The molecule has 0 spiro atoms. The van der Waals surface area contributed by atoms with E-state index in [9.17, 15) is 9.59 Å². The van der Waals surface area contributed by atoms with Crippen molar-refractivity contribution >= 4 is 17.7 Å². The molecule has 0 saturated heterocycles. The van der Waals surface area contributed by atoms with Crippen LogP contribution in [0.15, 0.2) is 77.7 Å². The number of hydrogen-bond donors (Lipinski definition) is 1. The van der Waals surface area contributed by atoms with Crippen molar-refractivity contribution in [3.05, 3.63) is 94.4 Å². The van der Waals surface area contributed by atoms with Crippen LogP contribution in [0.25, 0.3) is 11.8 Å². The van der Waals surface area contributed by atoms with Gasteiger partial charge in [-0.25, -0.2) is 0 Å². The Bertz CT molecular complexity index is 1090. The van der Waals surface area contributed by atoms with E-state index in [0.717, 1.165) is 11.1 Å². The Labute approximate surface area is 161 Å². The molecule has 1 aliphatic rings. The van der Waals surface area contributed by atoms with Gasteiger partial charge in [-0.05, 0) is 35.4 Å². The SMILES string of the molecule is O=C(NCc1ccc2c(c1)OCO2)/C(=C\c1ccccc1)n1ccccc1=O. The predicted octanol–water partition coefficient (Wildman–Crippen LogP) is 2.89. The van der Waals surface area contributed by atoms with Crippen molar-refractivity contribution in [3.8, 4) is 11.5 Å². The number of nitrogens with one attached hydrogen (secondary N) is 1. The third-order valence-electron chi connectivity index (χ3n) is 4.31. The highest BCUT2D eigenvalue weighted by atomic mass is 16.7. The lowest BCUT2D eigenvalue weighted by molar-refractivity contribution is -0.116. The minimum atomic E-state index is -0.352. The van der Waals surface area contributed by atoms with Crippen LogP contribution < -0.4 is 20.3 Å². The summed E-state index contributed by atoms with van der Waals surface area (Å²) in [7, 11) is 0. The molecule has 0 fully saturated rings. The zero-order valence-corrected chi connectivity index (χ0v) is 15.0. The van der Waals surface area contributed by atoms with Crippen LogP contribution in [0.1, 0.15) is 11.1 Å². The van der Waals surface area contributed by atoms with Gasteiger partial charge in [0.1, 0.15) is 5.70 Å². The Morgan fingerprint density at radius 3 is 2.61 bits per heavy atom. The van der Waals surface area contributed by atoms with Crippen molar-refractivity contribution in [2.24, 2.45) is 0 Å². The Kier molecular flexibility index (Phi) is 4.93. The fourth-order valence-corrected chi connectivity index (χ4v) is 2.90. The summed E-state index contributed by atoms with van der Waals surface area (Å²) >= 11 is 0. The topological polar surface area (TPSA) is 69.6 Å². The van der Waals surface area contributed by atoms with Crippen LogP contribution in [0.3, 0.4) is 0 Å². The molecule has 4 rings (SSSR count). The Morgan fingerprint density at radius 2 is 1.79 bits per heavy atom. The van der Waals surface area contributed by atoms with E-state index in [1.54, 1.807) is 24.4 Å². The maximum atomic E-state index is 12.9. The molecule has 6 nitrogen and oxygen atoms in total. The molecular formula is C22H18N2O4. The number of fused-ring (bicyclic) bond motifs is 1. The van der Waals surface area contributed by atoms with Crippen LogP contribution in [-0.4, -0.2) is 17.3 Å². The standard InChI is InChI=1S/C22H18N2O4/c25-21-8-4-5-11-24(21)18(12-16-6-2-1-3-7-16)22(26)23-14-17-9-10-19-20(13-17)28-15-27-19/h1-13H,14-15H2,(H,23,26)/b18-12+. The molecule has 2 heterocycles. The number of carbonyl (C=O) groups excluding carboxylic acids is 1. The van der Waals surface area contributed by atoms with E-state index in [1.165, 1.54) is 10.6 Å². The van der Waals surface area contributed by atoms with Crippen LogP contribution in [0.2, 0.25) is 0 Å². The monoisotopic (exact) mass is 374 g/mol. The van der Waals surface area contributed by atoms with Gasteiger partial charge in [-0.15, -0.1) is 0 Å². The van der Waals surface area contributed by atoms with Crippen molar-refractivity contribution < 1.29 is 14.3 Å². The lowest BCUT2D eigenvalue weighted by atomic mass is 10.1. The summed E-state index contributed by atoms with van der Waals surface area (Å²) in [6.45, 7) is 0.495. The molecule has 3 aromatic rings. The van der Waals surface area contributed by atoms with Crippen LogP contribution in [0, 0.1) is 0 Å². The highest BCUT2D eigenvalue weighted by Crippen LogP contribution is 2.32. The van der Waals surface area contributed by atoms with Crippen molar-refractivity contribution in [1.82, 2.24) is 9.88 Å². The van der Waals surface area contributed by atoms with Gasteiger partial charge in [0.2, 0.25) is 6.79 Å². The second-order valence-corrected chi connectivity index (χ2v) is 6.22. The van der Waals surface area contributed by atoms with Gasteiger partial charge in [0.15, 0.2) is 11.5 Å². The second kappa shape index (κ2) is 7.84. The molecule has 0 bridgehead atoms. The van der Waals surface area contributed by atoms with Crippen molar-refractivity contribution in [2.45, 2.75) is 6.54 Å². The Morgan fingerprint density at radius 1 is 1.00 bits per heavy atom. The number of carbonyl (C=O) groups is 1. The maximum Gasteiger partial charge on any atom is 0.268 e. The first-order valence-corrected chi connectivity index (χ1v) is 8.82. The minimum absolute atomic E-state index is 0.200. The van der Waals surface area contributed by atoms with Gasteiger partial charge in [0, 0.05) is 18.8 Å². The largest absolute Gasteiger partial charge is 0.454 e. The summed E-state index contributed by atoms with van der Waals surface area (Å²) in [6, 6.07) is 19.7. The molecule has 2 aromatic carbocycles. The number of rotatable bonds is 5. The molecule has 1 N–H and O–H groups in total. The molecule has 1 aromatic heterocycles. The Balaban J connectivity index is 1.59. The molecular weight excluding hydrogens is 356 g/mol. The van der Waals surface area contributed by atoms with E-state index >= 15 is 0 Å². The molecule has 0 atom stereocenters. The Hall–Kier alpha value is -3.80. The minimum Gasteiger partial charge on any atom is -0.454 e. The highest BCUT2D eigenvalue weighted by molar-refractivity contribution is 6.18. The fraction of sp³-hybridized carbons (Fsp3) is 0.0909. The van der Waals surface area contributed by atoms with Gasteiger partial charge >= 0.3 is 0 Å². The van der Waals surface area contributed by atoms with Gasteiger partial charge in [-0.3, -0.25) is 14.2 Å². The molecule has 28 heavy (non-hydrogen) atoms. The lowest BCUT2D eigenvalue weighted by Crippen LogP contribution is -2.30. The zero-order valence-electron chi connectivity index (χ0n) is 15.0. The van der Waals surface area contributed by atoms with Crippen LogP contribution in [0.5, 0.6) is 11.5 Å². The van der Waals surface area contributed by atoms with Gasteiger partial charge < -0.3 is 14.8 Å². The summed E-state index contributed by atoms with van der Waals surface area (Å²) in [5, 5.41) is 2.87. The normalized spacial score (nSPS) is 12.6. The first kappa shape index (κ1) is 17.6. The van der Waals surface area contributed by atoms with E-state index in [0.29, 0.717) is 18.0 Å². The molecule has 0 aliphatic carbocycles. The number of ether oxygens (including phenoxy) is 2. The van der Waals surface area contributed by atoms with Crippen molar-refractivity contribution in [3.63, 3.8) is 0 Å². The third kappa shape index (κ3) is 3.81. The van der Waals surface area contributed by atoms with Gasteiger partial charge in [0.25, 0.3) is 11.5 Å². The van der Waals surface area contributed by atoms with E-state index in [2.05, 4.69) is 5.32 Å². The highest BCUT2D eigenvalue weighted by Gasteiger charge is 2.16.